The lowest BCUT2D eigenvalue weighted by atomic mass is 10.1. The predicted octanol–water partition coefficient (Wildman–Crippen LogP) is 3.91. The molecule has 0 spiro atoms. The number of thioether (sulfide) groups is 1. The van der Waals surface area contributed by atoms with E-state index >= 15 is 0 Å². The number of benzene rings is 2. The van der Waals surface area contributed by atoms with E-state index in [0.717, 1.165) is 33.4 Å². The Kier molecular flexibility index (Phi) is 5.74. The van der Waals surface area contributed by atoms with Crippen LogP contribution in [0.3, 0.4) is 0 Å². The molecule has 2 N–H and O–H groups in total. The molecular formula is C21H20N2O5S. The second-order valence-electron chi connectivity index (χ2n) is 6.94. The van der Waals surface area contributed by atoms with E-state index < -0.39 is 28.3 Å². The maximum absolute atomic E-state index is 12.8. The number of nitrogens with one attached hydrogen (secondary N) is 1. The van der Waals surface area contributed by atoms with E-state index in [2.05, 4.69) is 5.32 Å². The molecule has 1 aliphatic rings. The minimum absolute atomic E-state index is 0.0394. The summed E-state index contributed by atoms with van der Waals surface area (Å²) in [5, 5.41) is 10.5. The molecule has 1 heterocycles. The van der Waals surface area contributed by atoms with Gasteiger partial charge in [0.2, 0.25) is 11.8 Å². The van der Waals surface area contributed by atoms with Crippen molar-refractivity contribution >= 4 is 46.2 Å². The highest BCUT2D eigenvalue weighted by Gasteiger charge is 2.42. The van der Waals surface area contributed by atoms with Gasteiger partial charge in [-0.1, -0.05) is 18.2 Å². The number of amides is 3. The summed E-state index contributed by atoms with van der Waals surface area (Å²) in [6.07, 6.45) is -0.233. The van der Waals surface area contributed by atoms with E-state index in [9.17, 15) is 24.3 Å². The Bertz CT molecular complexity index is 1030. The molecule has 1 fully saturated rings. The first-order valence-electron chi connectivity index (χ1n) is 8.93. The number of carboxylic acids is 1. The van der Waals surface area contributed by atoms with Crippen LogP contribution in [0.2, 0.25) is 0 Å². The summed E-state index contributed by atoms with van der Waals surface area (Å²) in [6.45, 7) is 5.46. The Morgan fingerprint density at radius 1 is 1.07 bits per heavy atom. The van der Waals surface area contributed by atoms with Gasteiger partial charge in [0.1, 0.15) is 5.25 Å². The van der Waals surface area contributed by atoms with Crippen LogP contribution < -0.4 is 10.2 Å². The lowest BCUT2D eigenvalue weighted by Crippen LogP contribution is -2.33. The molecule has 0 radical (unpaired) electrons. The number of aromatic carboxylic acids is 1. The van der Waals surface area contributed by atoms with Crippen LogP contribution in [-0.4, -0.2) is 33.4 Å². The fourth-order valence-electron chi connectivity index (χ4n) is 3.08. The van der Waals surface area contributed by atoms with Gasteiger partial charge in [-0.15, -0.1) is 0 Å². The molecule has 3 amide bonds. The van der Waals surface area contributed by atoms with Crippen molar-refractivity contribution in [3.63, 3.8) is 0 Å². The molecular weight excluding hydrogens is 392 g/mol. The van der Waals surface area contributed by atoms with Gasteiger partial charge in [-0.3, -0.25) is 14.4 Å². The number of anilines is 2. The molecule has 29 heavy (non-hydrogen) atoms. The van der Waals surface area contributed by atoms with Gasteiger partial charge in [0, 0.05) is 6.42 Å². The van der Waals surface area contributed by atoms with Crippen LogP contribution in [0.25, 0.3) is 0 Å². The van der Waals surface area contributed by atoms with Gasteiger partial charge < -0.3 is 10.4 Å². The molecule has 3 rings (SSSR count). The Hall–Kier alpha value is -3.13. The molecule has 0 aliphatic carbocycles. The molecule has 1 saturated heterocycles. The first-order valence-corrected chi connectivity index (χ1v) is 9.81. The van der Waals surface area contributed by atoms with Crippen LogP contribution >= 0.6 is 11.8 Å². The Morgan fingerprint density at radius 3 is 2.41 bits per heavy atom. The zero-order valence-corrected chi connectivity index (χ0v) is 17.0. The Morgan fingerprint density at radius 2 is 1.72 bits per heavy atom. The van der Waals surface area contributed by atoms with Crippen LogP contribution in [0.15, 0.2) is 36.4 Å². The zero-order chi connectivity index (χ0) is 21.3. The second kappa shape index (κ2) is 8.08. The maximum atomic E-state index is 12.8. The predicted molar refractivity (Wildman–Crippen MR) is 112 cm³/mol. The monoisotopic (exact) mass is 412 g/mol. The smallest absolute Gasteiger partial charge is 0.337 e. The molecule has 7 nitrogen and oxygen atoms in total. The lowest BCUT2D eigenvalue weighted by Gasteiger charge is -2.17. The standard InChI is InChI=1S/C21H20N2O5S/c1-11-5-7-14(20(26)27)15(8-11)22-18(24)10-17-19(25)23(21(28)29-17)16-9-12(2)4-6-13(16)3/h4-9,17H,10H2,1-3H3,(H,22,24)(H,26,27). The molecule has 1 atom stereocenters. The second-order valence-corrected chi connectivity index (χ2v) is 8.10. The van der Waals surface area contributed by atoms with Gasteiger partial charge >= 0.3 is 5.97 Å². The van der Waals surface area contributed by atoms with E-state index in [1.54, 1.807) is 25.1 Å². The van der Waals surface area contributed by atoms with Crippen molar-refractivity contribution in [2.75, 3.05) is 10.2 Å². The topological polar surface area (TPSA) is 104 Å². The maximum Gasteiger partial charge on any atom is 0.337 e. The normalized spacial score (nSPS) is 16.2. The molecule has 2 aromatic carbocycles. The highest BCUT2D eigenvalue weighted by atomic mass is 32.2. The van der Waals surface area contributed by atoms with Crippen molar-refractivity contribution in [3.05, 3.63) is 58.7 Å². The Balaban J connectivity index is 1.76. The average Bonchev–Trinajstić information content (AvgIpc) is 2.90. The van der Waals surface area contributed by atoms with E-state index in [1.807, 2.05) is 26.0 Å². The first kappa shape index (κ1) is 20.6. The van der Waals surface area contributed by atoms with Crippen molar-refractivity contribution in [2.24, 2.45) is 0 Å². The van der Waals surface area contributed by atoms with Gasteiger partial charge in [-0.05, 0) is 67.4 Å². The van der Waals surface area contributed by atoms with Crippen molar-refractivity contribution in [1.29, 1.82) is 0 Å². The largest absolute Gasteiger partial charge is 0.478 e. The summed E-state index contributed by atoms with van der Waals surface area (Å²) in [4.78, 5) is 50.2. The van der Waals surface area contributed by atoms with Gasteiger partial charge in [0.05, 0.1) is 16.9 Å². The van der Waals surface area contributed by atoms with Crippen LogP contribution in [0.5, 0.6) is 0 Å². The van der Waals surface area contributed by atoms with Crippen molar-refractivity contribution in [3.8, 4) is 0 Å². The van der Waals surface area contributed by atoms with Gasteiger partial charge in [0.25, 0.3) is 5.24 Å². The third-order valence-electron chi connectivity index (χ3n) is 4.58. The van der Waals surface area contributed by atoms with E-state index in [0.29, 0.717) is 5.69 Å². The Labute approximate surface area is 172 Å². The minimum Gasteiger partial charge on any atom is -0.478 e. The number of hydrogen-bond donors (Lipinski definition) is 2. The number of carboxylic acid groups (broad SMARTS) is 1. The molecule has 1 aliphatic heterocycles. The fourth-order valence-corrected chi connectivity index (χ4v) is 4.06. The number of carbonyl (C=O) groups excluding carboxylic acids is 3. The summed E-state index contributed by atoms with van der Waals surface area (Å²) in [5.74, 6) is -2.14. The third kappa shape index (κ3) is 4.32. The van der Waals surface area contributed by atoms with Crippen molar-refractivity contribution in [1.82, 2.24) is 0 Å². The summed E-state index contributed by atoms with van der Waals surface area (Å²) in [6, 6.07) is 10.1. The molecule has 0 bridgehead atoms. The number of rotatable bonds is 5. The van der Waals surface area contributed by atoms with Gasteiger partial charge in [0.15, 0.2) is 0 Å². The fraction of sp³-hybridized carbons (Fsp3) is 0.238. The van der Waals surface area contributed by atoms with Gasteiger partial charge in [-0.25, -0.2) is 9.69 Å². The summed E-state index contributed by atoms with van der Waals surface area (Å²) < 4.78 is 0. The highest BCUT2D eigenvalue weighted by molar-refractivity contribution is 8.15. The molecule has 2 aromatic rings. The van der Waals surface area contributed by atoms with E-state index in [4.69, 9.17) is 0 Å². The molecule has 8 heteroatoms. The number of nitrogens with zero attached hydrogens (tertiary/aromatic N) is 1. The zero-order valence-electron chi connectivity index (χ0n) is 16.2. The lowest BCUT2D eigenvalue weighted by molar-refractivity contribution is -0.121. The SMILES string of the molecule is Cc1ccc(C(=O)O)c(NC(=O)CC2SC(=O)N(c3cc(C)ccc3C)C2=O)c1. The van der Waals surface area contributed by atoms with Crippen molar-refractivity contribution < 1.29 is 24.3 Å². The molecule has 1 unspecified atom stereocenters. The van der Waals surface area contributed by atoms with E-state index in [-0.39, 0.29) is 17.7 Å². The minimum atomic E-state index is -1.16. The summed E-state index contributed by atoms with van der Waals surface area (Å²) in [5.41, 5.74) is 3.13. The number of hydrogen-bond acceptors (Lipinski definition) is 5. The van der Waals surface area contributed by atoms with Crippen LogP contribution in [0, 0.1) is 20.8 Å². The van der Waals surface area contributed by atoms with Gasteiger partial charge in [-0.2, -0.15) is 0 Å². The average molecular weight is 412 g/mol. The molecule has 0 aromatic heterocycles. The van der Waals surface area contributed by atoms with E-state index in [1.165, 1.54) is 6.07 Å². The van der Waals surface area contributed by atoms with Crippen molar-refractivity contribution in [2.45, 2.75) is 32.4 Å². The first-order chi connectivity index (χ1) is 13.7. The number of imide groups is 1. The molecule has 0 saturated carbocycles. The van der Waals surface area contributed by atoms with Crippen LogP contribution in [-0.2, 0) is 9.59 Å². The highest BCUT2D eigenvalue weighted by Crippen LogP contribution is 2.35. The molecule has 150 valence electrons. The third-order valence-corrected chi connectivity index (χ3v) is 5.61. The number of carbonyl (C=O) groups is 4. The van der Waals surface area contributed by atoms with Crippen LogP contribution in [0.1, 0.15) is 33.5 Å². The quantitative estimate of drug-likeness (QED) is 0.772. The van der Waals surface area contributed by atoms with Crippen LogP contribution in [0.4, 0.5) is 16.2 Å². The summed E-state index contributed by atoms with van der Waals surface area (Å²) in [7, 11) is 0. The summed E-state index contributed by atoms with van der Waals surface area (Å²) >= 11 is 0.804. The number of aryl methyl sites for hydroxylation is 3.